The van der Waals surface area contributed by atoms with E-state index in [2.05, 4.69) is 15.3 Å². The maximum absolute atomic E-state index is 11.4. The van der Waals surface area contributed by atoms with Crippen LogP contribution in [0.25, 0.3) is 10.8 Å². The Kier molecular flexibility index (Phi) is 6.12. The zero-order valence-corrected chi connectivity index (χ0v) is 18.2. The molecule has 0 radical (unpaired) electrons. The quantitative estimate of drug-likeness (QED) is 0.390. The van der Waals surface area contributed by atoms with Crippen molar-refractivity contribution in [2.24, 2.45) is 0 Å². The molecule has 0 aliphatic heterocycles. The highest BCUT2D eigenvalue weighted by Gasteiger charge is 2.14. The standard InChI is InChI=1S/C24H21N3O6/c1-30-19-12-15(13-20(31-2)22(19)32-3)26-24-25-10-9-21(27-24)33-16-7-8-17-14(11-16)5-4-6-18(17)23(28)29/h4-13H,1-3H3,(H,28,29)(H,25,26,27). The Morgan fingerprint density at radius 3 is 2.36 bits per heavy atom. The normalized spacial score (nSPS) is 10.5. The molecule has 0 unspecified atom stereocenters. The van der Waals surface area contributed by atoms with Crippen molar-refractivity contribution in [2.45, 2.75) is 0 Å². The summed E-state index contributed by atoms with van der Waals surface area (Å²) in [5.41, 5.74) is 0.867. The number of nitrogens with one attached hydrogen (secondary N) is 1. The summed E-state index contributed by atoms with van der Waals surface area (Å²) in [5, 5.41) is 13.8. The minimum absolute atomic E-state index is 0.234. The number of carboxylic acids is 1. The molecule has 0 saturated carbocycles. The van der Waals surface area contributed by atoms with Gasteiger partial charge in [-0.15, -0.1) is 0 Å². The minimum atomic E-state index is -0.979. The third-order valence-electron chi connectivity index (χ3n) is 4.86. The van der Waals surface area contributed by atoms with E-state index in [0.717, 1.165) is 5.39 Å². The van der Waals surface area contributed by atoms with Gasteiger partial charge in [0.25, 0.3) is 0 Å². The Balaban J connectivity index is 1.58. The highest BCUT2D eigenvalue weighted by atomic mass is 16.5. The van der Waals surface area contributed by atoms with Crippen molar-refractivity contribution in [1.82, 2.24) is 9.97 Å². The minimum Gasteiger partial charge on any atom is -0.493 e. The Morgan fingerprint density at radius 1 is 0.939 bits per heavy atom. The number of nitrogens with zero attached hydrogens (tertiary/aromatic N) is 2. The maximum atomic E-state index is 11.4. The summed E-state index contributed by atoms with van der Waals surface area (Å²) in [5.74, 6) is 1.61. The van der Waals surface area contributed by atoms with Gasteiger partial charge in [0, 0.05) is 30.1 Å². The number of carbonyl (C=O) groups is 1. The summed E-state index contributed by atoms with van der Waals surface area (Å²) >= 11 is 0. The first-order valence-corrected chi connectivity index (χ1v) is 9.86. The van der Waals surface area contributed by atoms with E-state index in [1.807, 2.05) is 6.07 Å². The van der Waals surface area contributed by atoms with Crippen LogP contribution in [-0.4, -0.2) is 42.4 Å². The number of fused-ring (bicyclic) bond motifs is 1. The Bertz CT molecular complexity index is 1300. The van der Waals surface area contributed by atoms with Crippen LogP contribution >= 0.6 is 0 Å². The van der Waals surface area contributed by atoms with Crippen molar-refractivity contribution in [2.75, 3.05) is 26.6 Å². The van der Waals surface area contributed by atoms with Gasteiger partial charge in [-0.2, -0.15) is 4.98 Å². The fourth-order valence-electron chi connectivity index (χ4n) is 3.37. The number of methoxy groups -OCH3 is 3. The van der Waals surface area contributed by atoms with E-state index in [4.69, 9.17) is 18.9 Å². The molecule has 1 heterocycles. The van der Waals surface area contributed by atoms with Crippen LogP contribution in [0.1, 0.15) is 10.4 Å². The molecule has 9 heteroatoms. The first-order valence-electron chi connectivity index (χ1n) is 9.86. The largest absolute Gasteiger partial charge is 0.493 e. The van der Waals surface area contributed by atoms with Gasteiger partial charge in [0.2, 0.25) is 17.6 Å². The second-order valence-corrected chi connectivity index (χ2v) is 6.85. The fourth-order valence-corrected chi connectivity index (χ4v) is 3.37. The van der Waals surface area contributed by atoms with Gasteiger partial charge in [-0.1, -0.05) is 12.1 Å². The zero-order valence-electron chi connectivity index (χ0n) is 18.2. The van der Waals surface area contributed by atoms with Gasteiger partial charge in [-0.3, -0.25) is 0 Å². The molecule has 0 fully saturated rings. The summed E-state index contributed by atoms with van der Waals surface area (Å²) in [7, 11) is 4.61. The zero-order chi connectivity index (χ0) is 23.4. The highest BCUT2D eigenvalue weighted by molar-refractivity contribution is 6.03. The van der Waals surface area contributed by atoms with Crippen LogP contribution in [0.15, 0.2) is 60.8 Å². The molecule has 0 aliphatic rings. The Morgan fingerprint density at radius 2 is 1.70 bits per heavy atom. The number of benzene rings is 3. The number of rotatable bonds is 8. The maximum Gasteiger partial charge on any atom is 0.336 e. The van der Waals surface area contributed by atoms with Crippen LogP contribution in [0.4, 0.5) is 11.6 Å². The van der Waals surface area contributed by atoms with E-state index in [9.17, 15) is 9.90 Å². The van der Waals surface area contributed by atoms with E-state index < -0.39 is 5.97 Å². The van der Waals surface area contributed by atoms with Gasteiger partial charge in [-0.05, 0) is 35.0 Å². The molecule has 1 aromatic heterocycles. The lowest BCUT2D eigenvalue weighted by atomic mass is 10.0. The lowest BCUT2D eigenvalue weighted by molar-refractivity contribution is 0.0699. The van der Waals surface area contributed by atoms with Crippen LogP contribution in [0, 0.1) is 0 Å². The molecule has 168 valence electrons. The number of anilines is 2. The molecule has 3 aromatic carbocycles. The molecule has 0 amide bonds. The lowest BCUT2D eigenvalue weighted by Crippen LogP contribution is -2.01. The van der Waals surface area contributed by atoms with Gasteiger partial charge < -0.3 is 29.4 Å². The summed E-state index contributed by atoms with van der Waals surface area (Å²) in [6.07, 6.45) is 1.56. The van der Waals surface area contributed by atoms with Crippen molar-refractivity contribution in [3.8, 4) is 28.9 Å². The predicted octanol–water partition coefficient (Wildman–Crippen LogP) is 4.89. The third-order valence-corrected chi connectivity index (χ3v) is 4.86. The molecule has 0 saturated heterocycles. The number of hydrogen-bond donors (Lipinski definition) is 2. The van der Waals surface area contributed by atoms with Crippen molar-refractivity contribution in [3.63, 3.8) is 0 Å². The monoisotopic (exact) mass is 447 g/mol. The van der Waals surface area contributed by atoms with Crippen LogP contribution in [0.2, 0.25) is 0 Å². The van der Waals surface area contributed by atoms with E-state index in [-0.39, 0.29) is 5.56 Å². The predicted molar refractivity (Wildman–Crippen MR) is 122 cm³/mol. The van der Waals surface area contributed by atoms with E-state index >= 15 is 0 Å². The number of ether oxygens (including phenoxy) is 4. The number of aromatic carboxylic acids is 1. The van der Waals surface area contributed by atoms with Gasteiger partial charge in [0.05, 0.1) is 26.9 Å². The summed E-state index contributed by atoms with van der Waals surface area (Å²) in [6, 6.07) is 15.4. The molecule has 0 spiro atoms. The van der Waals surface area contributed by atoms with Crippen molar-refractivity contribution >= 4 is 28.4 Å². The topological polar surface area (TPSA) is 112 Å². The number of carboxylic acid groups (broad SMARTS) is 1. The van der Waals surface area contributed by atoms with E-state index in [1.54, 1.807) is 54.7 Å². The molecule has 0 bridgehead atoms. The first kappa shape index (κ1) is 21.7. The average molecular weight is 447 g/mol. The van der Waals surface area contributed by atoms with Crippen LogP contribution in [0.3, 0.4) is 0 Å². The molecule has 2 N–H and O–H groups in total. The third kappa shape index (κ3) is 4.57. The van der Waals surface area contributed by atoms with Crippen molar-refractivity contribution in [1.29, 1.82) is 0 Å². The lowest BCUT2D eigenvalue weighted by Gasteiger charge is -2.14. The molecule has 33 heavy (non-hydrogen) atoms. The molecule has 4 rings (SSSR count). The second kappa shape index (κ2) is 9.31. The van der Waals surface area contributed by atoms with E-state index in [0.29, 0.717) is 45.9 Å². The fraction of sp³-hybridized carbons (Fsp3) is 0.125. The molecule has 4 aromatic rings. The van der Waals surface area contributed by atoms with Gasteiger partial charge in [-0.25, -0.2) is 9.78 Å². The Labute approximate surface area is 189 Å². The SMILES string of the molecule is COc1cc(Nc2nccc(Oc3ccc4c(C(=O)O)cccc4c3)n2)cc(OC)c1OC. The molecular formula is C24H21N3O6. The molecule has 0 atom stereocenters. The van der Waals surface area contributed by atoms with E-state index in [1.165, 1.54) is 21.3 Å². The Hall–Kier alpha value is -4.53. The molecule has 9 nitrogen and oxygen atoms in total. The summed E-state index contributed by atoms with van der Waals surface area (Å²) in [4.78, 5) is 20.0. The van der Waals surface area contributed by atoms with Crippen LogP contribution < -0.4 is 24.3 Å². The number of aromatic nitrogens is 2. The summed E-state index contributed by atoms with van der Waals surface area (Å²) in [6.45, 7) is 0. The highest BCUT2D eigenvalue weighted by Crippen LogP contribution is 2.40. The average Bonchev–Trinajstić information content (AvgIpc) is 2.83. The molecule has 0 aliphatic carbocycles. The van der Waals surface area contributed by atoms with Crippen LogP contribution in [0.5, 0.6) is 28.9 Å². The van der Waals surface area contributed by atoms with Gasteiger partial charge in [0.15, 0.2) is 11.5 Å². The van der Waals surface area contributed by atoms with Crippen LogP contribution in [-0.2, 0) is 0 Å². The first-order chi connectivity index (χ1) is 16.0. The smallest absolute Gasteiger partial charge is 0.336 e. The summed E-state index contributed by atoms with van der Waals surface area (Å²) < 4.78 is 22.0. The van der Waals surface area contributed by atoms with Crippen molar-refractivity contribution < 1.29 is 28.8 Å². The molecular weight excluding hydrogens is 426 g/mol. The second-order valence-electron chi connectivity index (χ2n) is 6.85. The number of hydrogen-bond acceptors (Lipinski definition) is 8. The van der Waals surface area contributed by atoms with Crippen molar-refractivity contribution in [3.05, 3.63) is 66.4 Å². The van der Waals surface area contributed by atoms with Gasteiger partial charge in [0.1, 0.15) is 5.75 Å². The van der Waals surface area contributed by atoms with Gasteiger partial charge >= 0.3 is 5.97 Å².